The Kier molecular flexibility index (Phi) is 3.74. The number of fused-ring (bicyclic) bond motifs is 1. The van der Waals surface area contributed by atoms with Gasteiger partial charge in [0.2, 0.25) is 0 Å². The second-order valence-corrected chi connectivity index (χ2v) is 6.66. The number of amides is 1. The molecule has 0 saturated carbocycles. The molecule has 0 spiro atoms. The number of hydrogen-bond acceptors (Lipinski definition) is 5. The number of nitrogens with zero attached hydrogens (tertiary/aromatic N) is 7. The summed E-state index contributed by atoms with van der Waals surface area (Å²) < 4.78 is 3.60. The quantitative estimate of drug-likeness (QED) is 0.710. The van der Waals surface area contributed by atoms with Gasteiger partial charge in [0.1, 0.15) is 18.2 Å². The lowest BCUT2D eigenvalue weighted by molar-refractivity contribution is 0.0673. The van der Waals surface area contributed by atoms with Crippen LogP contribution in [0.4, 0.5) is 0 Å². The number of aromatic nitrogens is 6. The van der Waals surface area contributed by atoms with Gasteiger partial charge in [0.25, 0.3) is 5.91 Å². The van der Waals surface area contributed by atoms with Crippen LogP contribution in [0.2, 0.25) is 0 Å². The van der Waals surface area contributed by atoms with Crippen molar-refractivity contribution in [3.63, 3.8) is 0 Å². The van der Waals surface area contributed by atoms with E-state index in [1.807, 2.05) is 36.4 Å². The molecule has 1 atom stereocenters. The first-order valence-electron chi connectivity index (χ1n) is 8.51. The Hall–Kier alpha value is -2.77. The van der Waals surface area contributed by atoms with E-state index in [4.69, 9.17) is 0 Å². The molecule has 25 heavy (non-hydrogen) atoms. The maximum atomic E-state index is 13.2. The van der Waals surface area contributed by atoms with Gasteiger partial charge in [-0.3, -0.25) is 4.79 Å². The first-order chi connectivity index (χ1) is 12.0. The fraction of sp³-hybridized carbons (Fsp3) is 0.471. The topological polar surface area (TPSA) is 81.2 Å². The lowest BCUT2D eigenvalue weighted by Gasteiger charge is -2.32. The first kappa shape index (κ1) is 15.7. The molecule has 0 bridgehead atoms. The average Bonchev–Trinajstić information content (AvgIpc) is 3.22. The van der Waals surface area contributed by atoms with Crippen LogP contribution in [0, 0.1) is 20.8 Å². The van der Waals surface area contributed by atoms with E-state index in [2.05, 4.69) is 20.2 Å². The average molecular weight is 339 g/mol. The molecule has 1 amide bonds. The van der Waals surface area contributed by atoms with Gasteiger partial charge in [-0.25, -0.2) is 19.2 Å². The van der Waals surface area contributed by atoms with Crippen molar-refractivity contribution in [3.8, 4) is 0 Å². The minimum absolute atomic E-state index is 0.00480. The third kappa shape index (κ3) is 2.67. The number of hydrogen-bond donors (Lipinski definition) is 0. The minimum atomic E-state index is -0.00480. The Labute approximate surface area is 145 Å². The van der Waals surface area contributed by atoms with Crippen LogP contribution in [0.25, 0.3) is 5.65 Å². The van der Waals surface area contributed by atoms with E-state index in [1.165, 1.54) is 6.33 Å². The van der Waals surface area contributed by atoms with Gasteiger partial charge in [0.05, 0.1) is 11.7 Å². The number of aryl methyl sites for hydroxylation is 3. The maximum absolute atomic E-state index is 13.2. The van der Waals surface area contributed by atoms with Crippen LogP contribution in [-0.2, 0) is 0 Å². The van der Waals surface area contributed by atoms with E-state index in [0.717, 1.165) is 30.8 Å². The van der Waals surface area contributed by atoms with Gasteiger partial charge in [0.15, 0.2) is 5.65 Å². The molecule has 0 aromatic carbocycles. The number of rotatable bonds is 2. The summed E-state index contributed by atoms with van der Waals surface area (Å²) >= 11 is 0. The molecule has 8 heteroatoms. The molecule has 0 radical (unpaired) electrons. The Bertz CT molecular complexity index is 928. The van der Waals surface area contributed by atoms with E-state index < -0.39 is 0 Å². The molecule has 4 heterocycles. The smallest absolute Gasteiger partial charge is 0.259 e. The summed E-state index contributed by atoms with van der Waals surface area (Å²) in [5.41, 5.74) is 3.82. The fourth-order valence-corrected chi connectivity index (χ4v) is 3.60. The molecule has 0 unspecified atom stereocenters. The highest BCUT2D eigenvalue weighted by Gasteiger charge is 2.29. The summed E-state index contributed by atoms with van der Waals surface area (Å²) in [7, 11) is 0. The summed E-state index contributed by atoms with van der Waals surface area (Å²) in [6.07, 6.45) is 5.19. The largest absolute Gasteiger partial charge is 0.336 e. The molecule has 3 aromatic rings. The molecule has 130 valence electrons. The molecule has 1 fully saturated rings. The molecule has 3 aromatic heterocycles. The van der Waals surface area contributed by atoms with E-state index in [9.17, 15) is 4.79 Å². The third-order valence-corrected chi connectivity index (χ3v) is 4.78. The zero-order chi connectivity index (χ0) is 17.6. The lowest BCUT2D eigenvalue weighted by atomic mass is 10.0. The molecule has 1 saturated heterocycles. The Morgan fingerprint density at radius 2 is 2.12 bits per heavy atom. The molecule has 4 rings (SSSR count). The van der Waals surface area contributed by atoms with Crippen molar-refractivity contribution in [1.82, 2.24) is 34.3 Å². The van der Waals surface area contributed by atoms with Crippen LogP contribution in [0.1, 0.15) is 46.3 Å². The molecule has 8 nitrogen and oxygen atoms in total. The predicted molar refractivity (Wildman–Crippen MR) is 91.4 cm³/mol. The van der Waals surface area contributed by atoms with Crippen molar-refractivity contribution >= 4 is 11.6 Å². The van der Waals surface area contributed by atoms with Gasteiger partial charge in [0, 0.05) is 24.5 Å². The van der Waals surface area contributed by atoms with E-state index >= 15 is 0 Å². The Morgan fingerprint density at radius 3 is 2.88 bits per heavy atom. The van der Waals surface area contributed by atoms with Crippen molar-refractivity contribution in [2.75, 3.05) is 13.1 Å². The predicted octanol–water partition coefficient (Wildman–Crippen LogP) is 1.72. The Balaban J connectivity index is 1.69. The molecular formula is C17H21N7O. The second-order valence-electron chi connectivity index (χ2n) is 6.66. The molecule has 1 aliphatic heterocycles. The van der Waals surface area contributed by atoms with Crippen molar-refractivity contribution in [1.29, 1.82) is 0 Å². The standard InChI is InChI=1S/C17H21N7O/c1-11-7-12(2)24-16(20-11)15(13(3)21-24)17(25)22-6-4-5-14(8-22)23-10-18-9-19-23/h7,9-10,14H,4-6,8H2,1-3H3/t14-/m1/s1. The zero-order valence-corrected chi connectivity index (χ0v) is 14.7. The zero-order valence-electron chi connectivity index (χ0n) is 14.7. The summed E-state index contributed by atoms with van der Waals surface area (Å²) in [6.45, 7) is 7.15. The van der Waals surface area contributed by atoms with E-state index in [-0.39, 0.29) is 11.9 Å². The highest BCUT2D eigenvalue weighted by molar-refractivity contribution is 6.01. The minimum Gasteiger partial charge on any atom is -0.336 e. The second kappa shape index (κ2) is 5.94. The van der Waals surface area contributed by atoms with E-state index in [1.54, 1.807) is 10.8 Å². The summed E-state index contributed by atoms with van der Waals surface area (Å²) in [5, 5.41) is 8.74. The van der Waals surface area contributed by atoms with Gasteiger partial charge >= 0.3 is 0 Å². The molecule has 0 N–H and O–H groups in total. The lowest BCUT2D eigenvalue weighted by Crippen LogP contribution is -2.41. The van der Waals surface area contributed by atoms with Gasteiger partial charge in [-0.1, -0.05) is 0 Å². The molecule has 0 aliphatic carbocycles. The number of carbonyl (C=O) groups is 1. The highest BCUT2D eigenvalue weighted by atomic mass is 16.2. The number of piperidine rings is 1. The summed E-state index contributed by atoms with van der Waals surface area (Å²) in [6, 6.07) is 2.13. The van der Waals surface area contributed by atoms with Crippen LogP contribution in [-0.4, -0.2) is 53.3 Å². The maximum Gasteiger partial charge on any atom is 0.259 e. The van der Waals surface area contributed by atoms with Crippen molar-refractivity contribution < 1.29 is 4.79 Å². The third-order valence-electron chi connectivity index (χ3n) is 4.78. The van der Waals surface area contributed by atoms with Gasteiger partial charge in [-0.15, -0.1) is 0 Å². The van der Waals surface area contributed by atoms with Crippen molar-refractivity contribution in [2.24, 2.45) is 0 Å². The molecular weight excluding hydrogens is 318 g/mol. The van der Waals surface area contributed by atoms with Crippen molar-refractivity contribution in [3.05, 3.63) is 41.4 Å². The monoisotopic (exact) mass is 339 g/mol. The molecule has 1 aliphatic rings. The van der Waals surface area contributed by atoms with Crippen molar-refractivity contribution in [2.45, 2.75) is 39.7 Å². The van der Waals surface area contributed by atoms with Crippen LogP contribution in [0.3, 0.4) is 0 Å². The van der Waals surface area contributed by atoms with Crippen LogP contribution < -0.4 is 0 Å². The highest BCUT2D eigenvalue weighted by Crippen LogP contribution is 2.24. The van der Waals surface area contributed by atoms with Crippen LogP contribution in [0.5, 0.6) is 0 Å². The first-order valence-corrected chi connectivity index (χ1v) is 8.51. The van der Waals surface area contributed by atoms with Crippen LogP contribution in [0.15, 0.2) is 18.7 Å². The van der Waals surface area contributed by atoms with Gasteiger partial charge in [-0.05, 0) is 39.7 Å². The van der Waals surface area contributed by atoms with Gasteiger partial charge < -0.3 is 4.90 Å². The summed E-state index contributed by atoms with van der Waals surface area (Å²) in [5.74, 6) is -0.00480. The van der Waals surface area contributed by atoms with E-state index in [0.29, 0.717) is 23.4 Å². The van der Waals surface area contributed by atoms with Gasteiger partial charge in [-0.2, -0.15) is 10.2 Å². The SMILES string of the molecule is Cc1cc(C)n2nc(C)c(C(=O)N3CCC[C@@H](n4cncn4)C3)c2n1. The normalized spacial score (nSPS) is 18.0. The fourth-order valence-electron chi connectivity index (χ4n) is 3.60. The number of likely N-dealkylation sites (tertiary alicyclic amines) is 1. The summed E-state index contributed by atoms with van der Waals surface area (Å²) in [4.78, 5) is 23.7. The Morgan fingerprint density at radius 1 is 1.28 bits per heavy atom. The number of carbonyl (C=O) groups excluding carboxylic acids is 1. The van der Waals surface area contributed by atoms with Crippen LogP contribution >= 0.6 is 0 Å².